The molecule has 0 saturated carbocycles. The fourth-order valence-electron chi connectivity index (χ4n) is 3.93. The molecule has 37 heavy (non-hydrogen) atoms. The number of carbonyl (C=O) groups excluding carboxylic acids is 3. The summed E-state index contributed by atoms with van der Waals surface area (Å²) < 4.78 is 10.6. The number of rotatable bonds is 9. The molecule has 0 radical (unpaired) electrons. The van der Waals surface area contributed by atoms with Crippen molar-refractivity contribution < 1.29 is 23.9 Å². The lowest BCUT2D eigenvalue weighted by atomic mass is 10.1. The topological polar surface area (TPSA) is 110 Å². The number of fused-ring (bicyclic) bond motifs is 1. The second kappa shape index (κ2) is 11.9. The summed E-state index contributed by atoms with van der Waals surface area (Å²) in [5, 5.41) is 6.28. The smallest absolute Gasteiger partial charge is 0.408 e. The van der Waals surface area contributed by atoms with E-state index in [1.165, 1.54) is 0 Å². The van der Waals surface area contributed by atoms with Crippen LogP contribution >= 0.6 is 0 Å². The SMILES string of the molecule is Cc1cccc(NC(=O)COC(=O)[C@H](Cc2c[nH]c3ccccc23)NC(=O)OCc2ccccc2)c1C. The van der Waals surface area contributed by atoms with Gasteiger partial charge >= 0.3 is 12.1 Å². The van der Waals surface area contributed by atoms with Gasteiger partial charge in [-0.25, -0.2) is 9.59 Å². The van der Waals surface area contributed by atoms with Crippen molar-refractivity contribution in [2.45, 2.75) is 32.9 Å². The van der Waals surface area contributed by atoms with Crippen molar-refractivity contribution in [1.29, 1.82) is 0 Å². The van der Waals surface area contributed by atoms with Gasteiger partial charge in [-0.2, -0.15) is 0 Å². The number of H-pyrrole nitrogens is 1. The summed E-state index contributed by atoms with van der Waals surface area (Å²) in [6.07, 6.45) is 1.18. The fourth-order valence-corrected chi connectivity index (χ4v) is 3.93. The highest BCUT2D eigenvalue weighted by Crippen LogP contribution is 2.20. The number of carbonyl (C=O) groups is 3. The van der Waals surface area contributed by atoms with Crippen molar-refractivity contribution >= 4 is 34.6 Å². The molecule has 1 atom stereocenters. The summed E-state index contributed by atoms with van der Waals surface area (Å²) in [5.41, 5.74) is 5.16. The molecular formula is C29H29N3O5. The van der Waals surface area contributed by atoms with Crippen molar-refractivity contribution in [2.75, 3.05) is 11.9 Å². The molecule has 8 nitrogen and oxygen atoms in total. The highest BCUT2D eigenvalue weighted by Gasteiger charge is 2.25. The Morgan fingerprint density at radius 3 is 2.46 bits per heavy atom. The van der Waals surface area contributed by atoms with E-state index in [2.05, 4.69) is 15.6 Å². The quantitative estimate of drug-likeness (QED) is 0.287. The van der Waals surface area contributed by atoms with E-state index in [4.69, 9.17) is 9.47 Å². The number of aromatic amines is 1. The number of amides is 2. The number of anilines is 1. The normalized spacial score (nSPS) is 11.5. The molecule has 0 aliphatic carbocycles. The van der Waals surface area contributed by atoms with Crippen molar-refractivity contribution in [3.8, 4) is 0 Å². The van der Waals surface area contributed by atoms with Crippen LogP contribution in [0, 0.1) is 13.8 Å². The maximum atomic E-state index is 13.0. The molecular weight excluding hydrogens is 470 g/mol. The van der Waals surface area contributed by atoms with Crippen molar-refractivity contribution in [2.24, 2.45) is 0 Å². The molecule has 0 bridgehead atoms. The number of nitrogens with one attached hydrogen (secondary N) is 3. The summed E-state index contributed by atoms with van der Waals surface area (Å²) in [4.78, 5) is 41.2. The number of hydrogen-bond donors (Lipinski definition) is 3. The minimum absolute atomic E-state index is 0.0553. The lowest BCUT2D eigenvalue weighted by Gasteiger charge is -2.18. The molecule has 4 aromatic rings. The first-order chi connectivity index (χ1) is 17.9. The number of alkyl carbamates (subject to hydrolysis) is 1. The van der Waals surface area contributed by atoms with E-state index in [-0.39, 0.29) is 13.0 Å². The van der Waals surface area contributed by atoms with E-state index in [1.807, 2.05) is 80.6 Å². The third kappa shape index (κ3) is 6.76. The minimum atomic E-state index is -1.06. The molecule has 3 N–H and O–H groups in total. The standard InChI is InChI=1S/C29H29N3O5/c1-19-9-8-14-24(20(19)2)31-27(33)18-36-28(34)26(15-22-16-30-25-13-7-6-12-23(22)25)32-29(35)37-17-21-10-4-3-5-11-21/h3-14,16,26,30H,15,17-18H2,1-2H3,(H,31,33)(H,32,35)/t26-/m0/s1. The van der Waals surface area contributed by atoms with Gasteiger partial charge in [0, 0.05) is 29.2 Å². The molecule has 1 aromatic heterocycles. The Morgan fingerprint density at radius 1 is 0.892 bits per heavy atom. The van der Waals surface area contributed by atoms with E-state index in [1.54, 1.807) is 12.3 Å². The zero-order chi connectivity index (χ0) is 26.2. The van der Waals surface area contributed by atoms with Crippen molar-refractivity contribution in [3.63, 3.8) is 0 Å². The third-order valence-corrected chi connectivity index (χ3v) is 6.11. The summed E-state index contributed by atoms with van der Waals surface area (Å²) in [6.45, 7) is 3.42. The summed E-state index contributed by atoms with van der Waals surface area (Å²) in [5.74, 6) is -1.21. The first kappa shape index (κ1) is 25.5. The van der Waals surface area contributed by atoms with Gasteiger partial charge in [0.1, 0.15) is 12.6 Å². The highest BCUT2D eigenvalue weighted by atomic mass is 16.6. The average molecular weight is 500 g/mol. The fraction of sp³-hybridized carbons (Fsp3) is 0.207. The Hall–Kier alpha value is -4.59. The average Bonchev–Trinajstić information content (AvgIpc) is 3.32. The largest absolute Gasteiger partial charge is 0.454 e. The van der Waals surface area contributed by atoms with Gasteiger partial charge in [0.05, 0.1) is 0 Å². The van der Waals surface area contributed by atoms with E-state index in [0.29, 0.717) is 5.69 Å². The van der Waals surface area contributed by atoms with Gasteiger partial charge in [-0.05, 0) is 48.2 Å². The summed E-state index contributed by atoms with van der Waals surface area (Å²) >= 11 is 0. The van der Waals surface area contributed by atoms with Crippen molar-refractivity contribution in [1.82, 2.24) is 10.3 Å². The van der Waals surface area contributed by atoms with Crippen LogP contribution in [0.15, 0.2) is 79.0 Å². The number of ether oxygens (including phenoxy) is 2. The molecule has 1 heterocycles. The highest BCUT2D eigenvalue weighted by molar-refractivity contribution is 5.94. The number of aromatic nitrogens is 1. The molecule has 0 fully saturated rings. The Labute approximate surface area is 215 Å². The predicted molar refractivity (Wildman–Crippen MR) is 141 cm³/mol. The number of aryl methyl sites for hydroxylation is 1. The van der Waals surface area contributed by atoms with Crippen LogP contribution in [0.25, 0.3) is 10.9 Å². The summed E-state index contributed by atoms with van der Waals surface area (Å²) in [6, 6.07) is 21.4. The number of esters is 1. The van der Waals surface area contributed by atoms with E-state index in [9.17, 15) is 14.4 Å². The van der Waals surface area contributed by atoms with Crippen LogP contribution in [0.2, 0.25) is 0 Å². The molecule has 0 aliphatic heterocycles. The Kier molecular flexibility index (Phi) is 8.20. The monoisotopic (exact) mass is 499 g/mol. The van der Waals surface area contributed by atoms with Gasteiger partial charge < -0.3 is 25.1 Å². The lowest BCUT2D eigenvalue weighted by molar-refractivity contribution is -0.149. The van der Waals surface area contributed by atoms with Crippen LogP contribution in [0.4, 0.5) is 10.5 Å². The summed E-state index contributed by atoms with van der Waals surface area (Å²) in [7, 11) is 0. The first-order valence-electron chi connectivity index (χ1n) is 12.0. The number of para-hydroxylation sites is 1. The number of hydrogen-bond acceptors (Lipinski definition) is 5. The van der Waals surface area contributed by atoms with Gasteiger partial charge in [0.25, 0.3) is 5.91 Å². The van der Waals surface area contributed by atoms with Crippen LogP contribution in [0.3, 0.4) is 0 Å². The molecule has 3 aromatic carbocycles. The Morgan fingerprint density at radius 2 is 1.65 bits per heavy atom. The zero-order valence-electron chi connectivity index (χ0n) is 20.7. The second-order valence-electron chi connectivity index (χ2n) is 8.73. The molecule has 0 unspecified atom stereocenters. The molecule has 0 spiro atoms. The molecule has 4 rings (SSSR count). The van der Waals surface area contributed by atoms with Gasteiger partial charge in [0.2, 0.25) is 0 Å². The van der Waals surface area contributed by atoms with Crippen LogP contribution in [0.1, 0.15) is 22.3 Å². The Balaban J connectivity index is 1.42. The van der Waals surface area contributed by atoms with E-state index >= 15 is 0 Å². The maximum absolute atomic E-state index is 13.0. The van der Waals surface area contributed by atoms with Gasteiger partial charge in [-0.15, -0.1) is 0 Å². The second-order valence-corrected chi connectivity index (χ2v) is 8.73. The maximum Gasteiger partial charge on any atom is 0.408 e. The van der Waals surface area contributed by atoms with E-state index < -0.39 is 30.6 Å². The third-order valence-electron chi connectivity index (χ3n) is 6.11. The predicted octanol–water partition coefficient (Wildman–Crippen LogP) is 4.80. The lowest BCUT2D eigenvalue weighted by Crippen LogP contribution is -2.44. The first-order valence-corrected chi connectivity index (χ1v) is 12.0. The molecule has 0 saturated heterocycles. The van der Waals surface area contributed by atoms with Crippen LogP contribution in [-0.2, 0) is 32.1 Å². The molecule has 0 aliphatic rings. The molecule has 8 heteroatoms. The number of benzene rings is 3. The van der Waals surface area contributed by atoms with Crippen molar-refractivity contribution in [3.05, 3.63) is 101 Å². The molecule has 190 valence electrons. The van der Waals surface area contributed by atoms with Crippen LogP contribution in [0.5, 0.6) is 0 Å². The molecule has 2 amide bonds. The van der Waals surface area contributed by atoms with Gasteiger partial charge in [-0.3, -0.25) is 4.79 Å². The minimum Gasteiger partial charge on any atom is -0.454 e. The Bertz CT molecular complexity index is 1400. The van der Waals surface area contributed by atoms with Crippen LogP contribution in [-0.4, -0.2) is 35.6 Å². The van der Waals surface area contributed by atoms with Crippen LogP contribution < -0.4 is 10.6 Å². The van der Waals surface area contributed by atoms with E-state index in [0.717, 1.165) is 33.2 Å². The van der Waals surface area contributed by atoms with Gasteiger partial charge in [-0.1, -0.05) is 60.7 Å². The zero-order valence-corrected chi connectivity index (χ0v) is 20.7. The van der Waals surface area contributed by atoms with Gasteiger partial charge in [0.15, 0.2) is 6.61 Å².